The second-order valence-corrected chi connectivity index (χ2v) is 6.07. The van der Waals surface area contributed by atoms with Crippen molar-refractivity contribution < 1.29 is 4.74 Å². The van der Waals surface area contributed by atoms with Crippen molar-refractivity contribution in [3.05, 3.63) is 35.4 Å². The van der Waals surface area contributed by atoms with Crippen molar-refractivity contribution in [2.24, 2.45) is 0 Å². The molecule has 0 aliphatic heterocycles. The van der Waals surface area contributed by atoms with Crippen molar-refractivity contribution in [2.45, 2.75) is 51.0 Å². The van der Waals surface area contributed by atoms with E-state index in [9.17, 15) is 0 Å². The number of methoxy groups -OCH3 is 1. The minimum absolute atomic E-state index is 0.259. The lowest BCUT2D eigenvalue weighted by Crippen LogP contribution is -2.43. The summed E-state index contributed by atoms with van der Waals surface area (Å²) in [6, 6.07) is 9.51. The molecule has 1 N–H and O–H groups in total. The molecule has 2 heteroatoms. The third-order valence-corrected chi connectivity index (χ3v) is 4.32. The first kappa shape index (κ1) is 14.5. The average molecular weight is 261 g/mol. The van der Waals surface area contributed by atoms with Gasteiger partial charge in [-0.1, -0.05) is 38.1 Å². The molecule has 0 radical (unpaired) electrons. The summed E-state index contributed by atoms with van der Waals surface area (Å²) in [6.07, 6.45) is 4.90. The van der Waals surface area contributed by atoms with Crippen molar-refractivity contribution in [1.29, 1.82) is 0 Å². The number of fused-ring (bicyclic) bond motifs is 1. The minimum atomic E-state index is 0.259. The lowest BCUT2D eigenvalue weighted by atomic mass is 9.68. The van der Waals surface area contributed by atoms with Gasteiger partial charge in [0.15, 0.2) is 0 Å². The molecule has 1 atom stereocenters. The lowest BCUT2D eigenvalue weighted by Gasteiger charge is -2.40. The van der Waals surface area contributed by atoms with Crippen LogP contribution in [-0.2, 0) is 16.6 Å². The quantitative estimate of drug-likeness (QED) is 0.848. The Morgan fingerprint density at radius 1 is 1.32 bits per heavy atom. The normalized spacial score (nSPS) is 22.5. The van der Waals surface area contributed by atoms with Crippen LogP contribution in [0.3, 0.4) is 0 Å². The number of aryl methyl sites for hydroxylation is 1. The first-order valence-electron chi connectivity index (χ1n) is 7.49. The number of ether oxygens (including phenoxy) is 1. The Bertz CT molecular complexity index is 402. The van der Waals surface area contributed by atoms with E-state index in [1.54, 1.807) is 12.7 Å². The van der Waals surface area contributed by atoms with E-state index in [0.29, 0.717) is 6.04 Å². The molecule has 0 spiro atoms. The molecule has 0 fully saturated rings. The van der Waals surface area contributed by atoms with Gasteiger partial charge in [-0.05, 0) is 36.8 Å². The van der Waals surface area contributed by atoms with Crippen LogP contribution in [0.4, 0.5) is 0 Å². The molecular formula is C17H27NO. The Hall–Kier alpha value is -0.860. The van der Waals surface area contributed by atoms with E-state index in [4.69, 9.17) is 4.74 Å². The van der Waals surface area contributed by atoms with E-state index in [-0.39, 0.29) is 5.41 Å². The summed E-state index contributed by atoms with van der Waals surface area (Å²) in [5, 5.41) is 3.65. The van der Waals surface area contributed by atoms with Crippen LogP contribution >= 0.6 is 0 Å². The third kappa shape index (κ3) is 3.37. The number of hydrogen-bond donors (Lipinski definition) is 1. The van der Waals surface area contributed by atoms with Crippen molar-refractivity contribution in [3.63, 3.8) is 0 Å². The highest BCUT2D eigenvalue weighted by Gasteiger charge is 2.35. The second kappa shape index (κ2) is 6.53. The van der Waals surface area contributed by atoms with Crippen molar-refractivity contribution in [3.8, 4) is 0 Å². The second-order valence-electron chi connectivity index (χ2n) is 6.07. The van der Waals surface area contributed by atoms with Gasteiger partial charge in [0.2, 0.25) is 0 Å². The fourth-order valence-corrected chi connectivity index (χ4v) is 3.24. The Balaban J connectivity index is 2.27. The zero-order chi connectivity index (χ0) is 13.7. The van der Waals surface area contributed by atoms with Gasteiger partial charge in [0, 0.05) is 31.7 Å². The van der Waals surface area contributed by atoms with Gasteiger partial charge in [0.1, 0.15) is 0 Å². The monoisotopic (exact) mass is 261 g/mol. The van der Waals surface area contributed by atoms with Crippen LogP contribution in [0.5, 0.6) is 0 Å². The van der Waals surface area contributed by atoms with Crippen molar-refractivity contribution in [2.75, 3.05) is 20.3 Å². The molecule has 0 heterocycles. The molecule has 1 aliphatic carbocycles. The van der Waals surface area contributed by atoms with Gasteiger partial charge in [0.05, 0.1) is 0 Å². The fourth-order valence-electron chi connectivity index (χ4n) is 3.24. The number of benzene rings is 1. The van der Waals surface area contributed by atoms with E-state index < -0.39 is 0 Å². The molecule has 1 aromatic rings. The molecule has 2 nitrogen and oxygen atoms in total. The van der Waals surface area contributed by atoms with Crippen LogP contribution in [0.25, 0.3) is 0 Å². The Morgan fingerprint density at radius 3 is 2.84 bits per heavy atom. The highest BCUT2D eigenvalue weighted by Crippen LogP contribution is 2.39. The van der Waals surface area contributed by atoms with E-state index in [1.807, 2.05) is 0 Å². The van der Waals surface area contributed by atoms with Crippen LogP contribution in [0, 0.1) is 0 Å². The Morgan fingerprint density at radius 2 is 2.11 bits per heavy atom. The maximum Gasteiger partial charge on any atom is 0.0471 e. The summed E-state index contributed by atoms with van der Waals surface area (Å²) in [4.78, 5) is 0. The van der Waals surface area contributed by atoms with E-state index in [1.165, 1.54) is 24.8 Å². The van der Waals surface area contributed by atoms with Crippen LogP contribution in [-0.4, -0.2) is 26.3 Å². The largest absolute Gasteiger partial charge is 0.385 e. The van der Waals surface area contributed by atoms with E-state index >= 15 is 0 Å². The Kier molecular flexibility index (Phi) is 5.00. The summed E-state index contributed by atoms with van der Waals surface area (Å²) >= 11 is 0. The Labute approximate surface area is 117 Å². The summed E-state index contributed by atoms with van der Waals surface area (Å²) < 4.78 is 5.36. The van der Waals surface area contributed by atoms with Gasteiger partial charge in [-0.3, -0.25) is 0 Å². The summed E-state index contributed by atoms with van der Waals surface area (Å²) in [5.41, 5.74) is 3.34. The highest BCUT2D eigenvalue weighted by atomic mass is 16.5. The SMILES string of the molecule is COCCC1(CNC(C)C)CCCc2ccccc21. The van der Waals surface area contributed by atoms with Gasteiger partial charge in [-0.2, -0.15) is 0 Å². The van der Waals surface area contributed by atoms with Gasteiger partial charge in [0.25, 0.3) is 0 Å². The third-order valence-electron chi connectivity index (χ3n) is 4.32. The summed E-state index contributed by atoms with van der Waals surface area (Å²) in [7, 11) is 1.80. The minimum Gasteiger partial charge on any atom is -0.385 e. The molecule has 1 unspecified atom stereocenters. The molecule has 1 aromatic carbocycles. The zero-order valence-corrected chi connectivity index (χ0v) is 12.5. The molecule has 0 aromatic heterocycles. The molecular weight excluding hydrogens is 234 g/mol. The first-order valence-corrected chi connectivity index (χ1v) is 7.49. The standard InChI is InChI=1S/C17H27NO/c1-14(2)18-13-17(11-12-19-3)10-6-8-15-7-4-5-9-16(15)17/h4-5,7,9,14,18H,6,8,10-13H2,1-3H3. The topological polar surface area (TPSA) is 21.3 Å². The first-order chi connectivity index (χ1) is 9.18. The van der Waals surface area contributed by atoms with Gasteiger partial charge in [-0.15, -0.1) is 0 Å². The molecule has 106 valence electrons. The van der Waals surface area contributed by atoms with Crippen molar-refractivity contribution >= 4 is 0 Å². The summed E-state index contributed by atoms with van der Waals surface area (Å²) in [5.74, 6) is 0. The van der Waals surface area contributed by atoms with Crippen LogP contribution in [0.1, 0.15) is 44.2 Å². The highest BCUT2D eigenvalue weighted by molar-refractivity contribution is 5.37. The van der Waals surface area contributed by atoms with Gasteiger partial charge >= 0.3 is 0 Å². The molecule has 19 heavy (non-hydrogen) atoms. The maximum absolute atomic E-state index is 5.36. The predicted octanol–water partition coefficient (Wildman–Crippen LogP) is 3.30. The molecule has 0 amide bonds. The number of rotatable bonds is 6. The summed E-state index contributed by atoms with van der Waals surface area (Å²) in [6.45, 7) is 6.34. The smallest absolute Gasteiger partial charge is 0.0471 e. The zero-order valence-electron chi connectivity index (χ0n) is 12.5. The maximum atomic E-state index is 5.36. The van der Waals surface area contributed by atoms with Gasteiger partial charge in [-0.25, -0.2) is 0 Å². The molecule has 0 saturated carbocycles. The van der Waals surface area contributed by atoms with E-state index in [2.05, 4.69) is 43.4 Å². The molecule has 0 saturated heterocycles. The average Bonchev–Trinajstić information content (AvgIpc) is 2.43. The van der Waals surface area contributed by atoms with Gasteiger partial charge < -0.3 is 10.1 Å². The number of nitrogens with one attached hydrogen (secondary N) is 1. The molecule has 2 rings (SSSR count). The predicted molar refractivity (Wildman–Crippen MR) is 80.7 cm³/mol. The van der Waals surface area contributed by atoms with Crippen LogP contribution in [0.2, 0.25) is 0 Å². The van der Waals surface area contributed by atoms with Crippen LogP contribution < -0.4 is 5.32 Å². The fraction of sp³-hybridized carbons (Fsp3) is 0.647. The molecule has 0 bridgehead atoms. The van der Waals surface area contributed by atoms with Crippen LogP contribution in [0.15, 0.2) is 24.3 Å². The van der Waals surface area contributed by atoms with Crippen molar-refractivity contribution in [1.82, 2.24) is 5.32 Å². The number of hydrogen-bond acceptors (Lipinski definition) is 2. The van der Waals surface area contributed by atoms with E-state index in [0.717, 1.165) is 19.6 Å². The molecule has 1 aliphatic rings. The lowest BCUT2D eigenvalue weighted by molar-refractivity contribution is 0.156.